The Kier molecular flexibility index (Phi) is 6.03. The maximum atomic E-state index is 4.14. The molecule has 3 nitrogen and oxygen atoms in total. The van der Waals surface area contributed by atoms with Crippen molar-refractivity contribution < 1.29 is 0 Å². The monoisotopic (exact) mass is 225 g/mol. The summed E-state index contributed by atoms with van der Waals surface area (Å²) in [6.07, 6.45) is 2.65. The topological polar surface area (TPSA) is 18.5 Å². The summed E-state index contributed by atoms with van der Waals surface area (Å²) in [6, 6.07) is 0.723. The van der Waals surface area contributed by atoms with Gasteiger partial charge in [-0.25, -0.2) is 0 Å². The second-order valence-electron chi connectivity index (χ2n) is 5.03. The summed E-state index contributed by atoms with van der Waals surface area (Å²) in [5, 5.41) is 3.33. The lowest BCUT2D eigenvalue weighted by Crippen LogP contribution is -2.46. The summed E-state index contributed by atoms with van der Waals surface area (Å²) in [6.45, 7) is 11.7. The highest BCUT2D eigenvalue weighted by Gasteiger charge is 2.21. The van der Waals surface area contributed by atoms with E-state index in [-0.39, 0.29) is 0 Å². The molecule has 0 spiro atoms. The van der Waals surface area contributed by atoms with E-state index >= 15 is 0 Å². The highest BCUT2D eigenvalue weighted by atomic mass is 15.2. The molecular formula is C13H27N3. The molecule has 1 fully saturated rings. The molecule has 0 bridgehead atoms. The van der Waals surface area contributed by atoms with Crippen LogP contribution in [-0.2, 0) is 0 Å². The number of likely N-dealkylation sites (N-methyl/N-ethyl adjacent to an activating group) is 2. The summed E-state index contributed by atoms with van der Waals surface area (Å²) in [5.74, 6) is 0. The first-order chi connectivity index (χ1) is 7.63. The Hall–Kier alpha value is -0.380. The van der Waals surface area contributed by atoms with Crippen molar-refractivity contribution in [3.8, 4) is 0 Å². The van der Waals surface area contributed by atoms with E-state index in [1.165, 1.54) is 31.5 Å². The summed E-state index contributed by atoms with van der Waals surface area (Å²) < 4.78 is 0. The predicted molar refractivity (Wildman–Crippen MR) is 70.8 cm³/mol. The minimum absolute atomic E-state index is 0.723. The molecule has 0 aromatic heterocycles. The number of hydrogen-bond donors (Lipinski definition) is 1. The first-order valence-corrected chi connectivity index (χ1v) is 6.39. The van der Waals surface area contributed by atoms with Crippen LogP contribution in [0.3, 0.4) is 0 Å². The first kappa shape index (κ1) is 13.7. The SMILES string of the molecule is C=C(CNCC)CN1CCCC(N(C)C)C1. The molecule has 0 radical (unpaired) electrons. The molecule has 1 aliphatic rings. The van der Waals surface area contributed by atoms with Gasteiger partial charge in [0, 0.05) is 25.7 Å². The Morgan fingerprint density at radius 3 is 2.88 bits per heavy atom. The van der Waals surface area contributed by atoms with Crippen molar-refractivity contribution >= 4 is 0 Å². The fourth-order valence-electron chi connectivity index (χ4n) is 2.27. The number of rotatable bonds is 6. The van der Waals surface area contributed by atoms with E-state index in [9.17, 15) is 0 Å². The molecular weight excluding hydrogens is 198 g/mol. The zero-order valence-corrected chi connectivity index (χ0v) is 11.1. The second-order valence-corrected chi connectivity index (χ2v) is 5.03. The maximum Gasteiger partial charge on any atom is 0.0217 e. The molecule has 1 N–H and O–H groups in total. The number of hydrogen-bond acceptors (Lipinski definition) is 3. The molecule has 0 aromatic carbocycles. The van der Waals surface area contributed by atoms with Crippen LogP contribution in [0.1, 0.15) is 19.8 Å². The Labute approximate surface area is 100 Å². The van der Waals surface area contributed by atoms with Gasteiger partial charge in [-0.1, -0.05) is 13.5 Å². The molecule has 1 rings (SSSR count). The van der Waals surface area contributed by atoms with Gasteiger partial charge in [0.2, 0.25) is 0 Å². The number of nitrogens with one attached hydrogen (secondary N) is 1. The fraction of sp³-hybridized carbons (Fsp3) is 0.846. The normalized spacial score (nSPS) is 22.6. The van der Waals surface area contributed by atoms with Crippen LogP contribution in [0.4, 0.5) is 0 Å². The van der Waals surface area contributed by atoms with Crippen LogP contribution in [0.15, 0.2) is 12.2 Å². The molecule has 0 saturated carbocycles. The molecule has 94 valence electrons. The zero-order chi connectivity index (χ0) is 12.0. The smallest absolute Gasteiger partial charge is 0.0217 e. The van der Waals surface area contributed by atoms with E-state index in [1.54, 1.807) is 0 Å². The van der Waals surface area contributed by atoms with Crippen molar-refractivity contribution in [2.24, 2.45) is 0 Å². The van der Waals surface area contributed by atoms with Gasteiger partial charge in [-0.2, -0.15) is 0 Å². The highest BCUT2D eigenvalue weighted by molar-refractivity contribution is 5.00. The lowest BCUT2D eigenvalue weighted by molar-refractivity contribution is 0.141. The van der Waals surface area contributed by atoms with E-state index < -0.39 is 0 Å². The Morgan fingerprint density at radius 2 is 2.25 bits per heavy atom. The minimum Gasteiger partial charge on any atom is -0.313 e. The molecule has 1 aliphatic heterocycles. The Morgan fingerprint density at radius 1 is 1.50 bits per heavy atom. The second kappa shape index (κ2) is 7.05. The third-order valence-electron chi connectivity index (χ3n) is 3.28. The molecule has 1 unspecified atom stereocenters. The van der Waals surface area contributed by atoms with Crippen molar-refractivity contribution in [3.05, 3.63) is 12.2 Å². The molecule has 0 amide bonds. The van der Waals surface area contributed by atoms with Gasteiger partial charge in [0.05, 0.1) is 0 Å². The lowest BCUT2D eigenvalue weighted by atomic mass is 10.0. The van der Waals surface area contributed by atoms with Crippen LogP contribution in [-0.4, -0.2) is 62.7 Å². The summed E-state index contributed by atoms with van der Waals surface area (Å²) in [4.78, 5) is 4.88. The molecule has 3 heteroatoms. The maximum absolute atomic E-state index is 4.14. The van der Waals surface area contributed by atoms with Crippen LogP contribution >= 0.6 is 0 Å². The third-order valence-corrected chi connectivity index (χ3v) is 3.28. The van der Waals surface area contributed by atoms with E-state index in [0.29, 0.717) is 0 Å². The average molecular weight is 225 g/mol. The quantitative estimate of drug-likeness (QED) is 0.685. The molecule has 1 saturated heterocycles. The largest absolute Gasteiger partial charge is 0.313 e. The summed E-state index contributed by atoms with van der Waals surface area (Å²) in [7, 11) is 4.36. The summed E-state index contributed by atoms with van der Waals surface area (Å²) in [5.41, 5.74) is 1.31. The van der Waals surface area contributed by atoms with Gasteiger partial charge in [-0.15, -0.1) is 0 Å². The molecule has 0 aliphatic carbocycles. The number of piperidine rings is 1. The minimum atomic E-state index is 0.723. The van der Waals surface area contributed by atoms with Crippen molar-refractivity contribution in [1.82, 2.24) is 15.1 Å². The van der Waals surface area contributed by atoms with Crippen molar-refractivity contribution in [1.29, 1.82) is 0 Å². The van der Waals surface area contributed by atoms with Gasteiger partial charge >= 0.3 is 0 Å². The van der Waals surface area contributed by atoms with E-state index in [0.717, 1.165) is 25.7 Å². The predicted octanol–water partition coefficient (Wildman–Crippen LogP) is 1.18. The summed E-state index contributed by atoms with van der Waals surface area (Å²) >= 11 is 0. The van der Waals surface area contributed by atoms with Gasteiger partial charge in [0.1, 0.15) is 0 Å². The highest BCUT2D eigenvalue weighted by Crippen LogP contribution is 2.14. The van der Waals surface area contributed by atoms with Crippen LogP contribution < -0.4 is 5.32 Å². The lowest BCUT2D eigenvalue weighted by Gasteiger charge is -2.36. The van der Waals surface area contributed by atoms with Gasteiger partial charge in [0.15, 0.2) is 0 Å². The van der Waals surface area contributed by atoms with Crippen LogP contribution in [0.5, 0.6) is 0 Å². The Bertz CT molecular complexity index is 213. The Balaban J connectivity index is 2.28. The third kappa shape index (κ3) is 4.64. The molecule has 16 heavy (non-hydrogen) atoms. The van der Waals surface area contributed by atoms with E-state index in [4.69, 9.17) is 0 Å². The molecule has 0 aromatic rings. The average Bonchev–Trinajstić information content (AvgIpc) is 2.26. The van der Waals surface area contributed by atoms with Gasteiger partial charge in [-0.3, -0.25) is 4.90 Å². The van der Waals surface area contributed by atoms with Crippen molar-refractivity contribution in [3.63, 3.8) is 0 Å². The van der Waals surface area contributed by atoms with Crippen molar-refractivity contribution in [2.45, 2.75) is 25.8 Å². The fourth-order valence-corrected chi connectivity index (χ4v) is 2.27. The molecule has 1 heterocycles. The van der Waals surface area contributed by atoms with Gasteiger partial charge in [-0.05, 0) is 45.6 Å². The zero-order valence-electron chi connectivity index (χ0n) is 11.1. The van der Waals surface area contributed by atoms with Gasteiger partial charge < -0.3 is 10.2 Å². The van der Waals surface area contributed by atoms with E-state index in [2.05, 4.69) is 42.7 Å². The van der Waals surface area contributed by atoms with Crippen LogP contribution in [0, 0.1) is 0 Å². The standard InChI is InChI=1S/C13H27N3/c1-5-14-9-12(2)10-16-8-6-7-13(11-16)15(3)4/h13-14H,2,5-11H2,1,3-4H3. The first-order valence-electron chi connectivity index (χ1n) is 6.39. The number of likely N-dealkylation sites (tertiary alicyclic amines) is 1. The number of nitrogens with zero attached hydrogens (tertiary/aromatic N) is 2. The van der Waals surface area contributed by atoms with E-state index in [1.807, 2.05) is 0 Å². The van der Waals surface area contributed by atoms with Crippen LogP contribution in [0.2, 0.25) is 0 Å². The molecule has 1 atom stereocenters. The van der Waals surface area contributed by atoms with Crippen molar-refractivity contribution in [2.75, 3.05) is 46.8 Å². The van der Waals surface area contributed by atoms with Crippen LogP contribution in [0.25, 0.3) is 0 Å². The van der Waals surface area contributed by atoms with Gasteiger partial charge in [0.25, 0.3) is 0 Å².